The Kier molecular flexibility index (Phi) is 6.61. The second kappa shape index (κ2) is 7.97. The van der Waals surface area contributed by atoms with Crippen molar-refractivity contribution in [3.63, 3.8) is 0 Å². The van der Waals surface area contributed by atoms with E-state index in [1.54, 1.807) is 0 Å². The Labute approximate surface area is 121 Å². The Bertz CT molecular complexity index is 299. The molecule has 0 aromatic carbocycles. The molecule has 6 heteroatoms. The first-order valence-corrected chi connectivity index (χ1v) is 7.30. The second-order valence-electron chi connectivity index (χ2n) is 5.89. The third kappa shape index (κ3) is 5.27. The zero-order chi connectivity index (χ0) is 15.1. The van der Waals surface area contributed by atoms with Crippen molar-refractivity contribution in [2.45, 2.75) is 40.5 Å². The van der Waals surface area contributed by atoms with Crippen LogP contribution in [0.25, 0.3) is 0 Å². The molecule has 1 aliphatic heterocycles. The van der Waals surface area contributed by atoms with Crippen LogP contribution in [0.5, 0.6) is 0 Å². The molecule has 0 atom stereocenters. The smallest absolute Gasteiger partial charge is 0.428 e. The average Bonchev–Trinajstić information content (AvgIpc) is 2.42. The van der Waals surface area contributed by atoms with Gasteiger partial charge in [-0.25, -0.2) is 19.6 Å². The van der Waals surface area contributed by atoms with Crippen LogP contribution in [0.3, 0.4) is 0 Å². The van der Waals surface area contributed by atoms with E-state index in [4.69, 9.17) is 9.47 Å². The lowest BCUT2D eigenvalue weighted by molar-refractivity contribution is -0.0414. The molecule has 0 bridgehead atoms. The van der Waals surface area contributed by atoms with E-state index < -0.39 is 12.2 Å². The van der Waals surface area contributed by atoms with Gasteiger partial charge >= 0.3 is 12.2 Å². The minimum absolute atomic E-state index is 0.269. The van der Waals surface area contributed by atoms with Crippen molar-refractivity contribution < 1.29 is 19.1 Å². The summed E-state index contributed by atoms with van der Waals surface area (Å²) in [5.41, 5.74) is 0. The molecule has 0 aromatic heterocycles. The number of carbonyl (C=O) groups is 2. The van der Waals surface area contributed by atoms with Gasteiger partial charge in [0, 0.05) is 13.1 Å². The molecule has 1 heterocycles. The Balaban J connectivity index is 2.56. The molecule has 6 nitrogen and oxygen atoms in total. The fraction of sp³-hybridized carbons (Fsp3) is 0.857. The van der Waals surface area contributed by atoms with E-state index in [0.29, 0.717) is 26.3 Å². The van der Waals surface area contributed by atoms with Crippen LogP contribution in [0.15, 0.2) is 0 Å². The Hall–Kier alpha value is -1.46. The first-order chi connectivity index (χ1) is 9.41. The normalized spacial score (nSPS) is 15.7. The molecular weight excluding hydrogens is 260 g/mol. The lowest BCUT2D eigenvalue weighted by atomic mass is 10.2. The molecule has 0 spiro atoms. The Morgan fingerprint density at radius 2 is 1.20 bits per heavy atom. The van der Waals surface area contributed by atoms with E-state index in [1.807, 2.05) is 27.7 Å². The zero-order valence-electron chi connectivity index (χ0n) is 12.9. The van der Waals surface area contributed by atoms with Gasteiger partial charge in [0.25, 0.3) is 0 Å². The highest BCUT2D eigenvalue weighted by Gasteiger charge is 2.31. The maximum Gasteiger partial charge on any atom is 0.428 e. The van der Waals surface area contributed by atoms with Gasteiger partial charge in [-0.3, -0.25) is 0 Å². The van der Waals surface area contributed by atoms with Crippen molar-refractivity contribution in [1.29, 1.82) is 0 Å². The third-order valence-electron chi connectivity index (χ3n) is 2.78. The summed E-state index contributed by atoms with van der Waals surface area (Å²) < 4.78 is 10.4. The standard InChI is InChI=1S/C14H26N2O4/c1-11(2)9-19-13(17)15-7-5-6-8-16(15)14(18)20-10-12(3)4/h11-12H,5-10H2,1-4H3. The number of hydrazine groups is 1. The van der Waals surface area contributed by atoms with E-state index in [1.165, 1.54) is 10.0 Å². The quantitative estimate of drug-likeness (QED) is 0.797. The van der Waals surface area contributed by atoms with E-state index in [0.717, 1.165) is 12.8 Å². The van der Waals surface area contributed by atoms with Crippen LogP contribution in [0, 0.1) is 11.8 Å². The summed E-state index contributed by atoms with van der Waals surface area (Å²) in [6.45, 7) is 9.57. The van der Waals surface area contributed by atoms with E-state index in [9.17, 15) is 9.59 Å². The largest absolute Gasteiger partial charge is 0.448 e. The molecule has 2 amide bonds. The fourth-order valence-electron chi connectivity index (χ4n) is 1.77. The lowest BCUT2D eigenvalue weighted by Gasteiger charge is -2.36. The highest BCUT2D eigenvalue weighted by atomic mass is 16.6. The molecule has 0 radical (unpaired) electrons. The topological polar surface area (TPSA) is 59.1 Å². The summed E-state index contributed by atoms with van der Waals surface area (Å²) in [5.74, 6) is 0.537. The monoisotopic (exact) mass is 286 g/mol. The fourth-order valence-corrected chi connectivity index (χ4v) is 1.77. The van der Waals surface area contributed by atoms with Crippen LogP contribution < -0.4 is 0 Å². The number of amides is 2. The number of carbonyl (C=O) groups excluding carboxylic acids is 2. The molecular formula is C14H26N2O4. The molecule has 0 unspecified atom stereocenters. The van der Waals surface area contributed by atoms with Crippen LogP contribution >= 0.6 is 0 Å². The second-order valence-corrected chi connectivity index (χ2v) is 5.89. The highest BCUT2D eigenvalue weighted by Crippen LogP contribution is 2.14. The van der Waals surface area contributed by atoms with Crippen LogP contribution in [0.2, 0.25) is 0 Å². The third-order valence-corrected chi connectivity index (χ3v) is 2.78. The van der Waals surface area contributed by atoms with Gasteiger partial charge in [0.05, 0.1) is 13.2 Å². The van der Waals surface area contributed by atoms with Crippen molar-refractivity contribution in [3.8, 4) is 0 Å². The van der Waals surface area contributed by atoms with Crippen molar-refractivity contribution in [1.82, 2.24) is 10.0 Å². The van der Waals surface area contributed by atoms with Gasteiger partial charge in [0.15, 0.2) is 0 Å². The van der Waals surface area contributed by atoms with Crippen LogP contribution in [0.4, 0.5) is 9.59 Å². The SMILES string of the molecule is CC(C)COC(=O)N1CCCCN1C(=O)OCC(C)C. The van der Waals surface area contributed by atoms with Gasteiger partial charge in [-0.15, -0.1) is 0 Å². The van der Waals surface area contributed by atoms with Crippen LogP contribution in [-0.2, 0) is 9.47 Å². The van der Waals surface area contributed by atoms with Crippen molar-refractivity contribution in [3.05, 3.63) is 0 Å². The zero-order valence-corrected chi connectivity index (χ0v) is 12.9. The minimum Gasteiger partial charge on any atom is -0.448 e. The predicted octanol–water partition coefficient (Wildman–Crippen LogP) is 2.88. The minimum atomic E-state index is -0.472. The number of nitrogens with zero attached hydrogens (tertiary/aromatic N) is 2. The van der Waals surface area contributed by atoms with Crippen molar-refractivity contribution in [2.75, 3.05) is 26.3 Å². The first-order valence-electron chi connectivity index (χ1n) is 7.30. The summed E-state index contributed by atoms with van der Waals surface area (Å²) in [7, 11) is 0. The van der Waals surface area contributed by atoms with Crippen molar-refractivity contribution >= 4 is 12.2 Å². The molecule has 1 saturated heterocycles. The van der Waals surface area contributed by atoms with Crippen molar-refractivity contribution in [2.24, 2.45) is 11.8 Å². The molecule has 0 aromatic rings. The molecule has 116 valence electrons. The highest BCUT2D eigenvalue weighted by molar-refractivity contribution is 5.74. The summed E-state index contributed by atoms with van der Waals surface area (Å²) in [6, 6.07) is 0. The molecule has 1 fully saturated rings. The van der Waals surface area contributed by atoms with Crippen LogP contribution in [0.1, 0.15) is 40.5 Å². The van der Waals surface area contributed by atoms with Gasteiger partial charge in [0.2, 0.25) is 0 Å². The number of hydrogen-bond donors (Lipinski definition) is 0. The van der Waals surface area contributed by atoms with Crippen LogP contribution in [-0.4, -0.2) is 48.5 Å². The summed E-state index contributed by atoms with van der Waals surface area (Å²) >= 11 is 0. The molecule has 1 rings (SSSR count). The maximum absolute atomic E-state index is 12.0. The van der Waals surface area contributed by atoms with Gasteiger partial charge in [-0.1, -0.05) is 27.7 Å². The Morgan fingerprint density at radius 3 is 1.50 bits per heavy atom. The number of ether oxygens (including phenoxy) is 2. The lowest BCUT2D eigenvalue weighted by Crippen LogP contribution is -2.53. The first kappa shape index (κ1) is 16.6. The number of rotatable bonds is 4. The summed E-state index contributed by atoms with van der Waals surface area (Å²) in [6.07, 6.45) is 0.787. The van der Waals surface area contributed by atoms with E-state index >= 15 is 0 Å². The van der Waals surface area contributed by atoms with Gasteiger partial charge in [-0.2, -0.15) is 0 Å². The maximum atomic E-state index is 12.0. The molecule has 0 N–H and O–H groups in total. The molecule has 20 heavy (non-hydrogen) atoms. The molecule has 0 saturated carbocycles. The van der Waals surface area contributed by atoms with Gasteiger partial charge < -0.3 is 9.47 Å². The predicted molar refractivity (Wildman–Crippen MR) is 75.0 cm³/mol. The van der Waals surface area contributed by atoms with Gasteiger partial charge in [0.1, 0.15) is 0 Å². The van der Waals surface area contributed by atoms with E-state index in [-0.39, 0.29) is 11.8 Å². The number of hydrogen-bond acceptors (Lipinski definition) is 4. The van der Waals surface area contributed by atoms with Gasteiger partial charge in [-0.05, 0) is 24.7 Å². The molecule has 1 aliphatic rings. The molecule has 0 aliphatic carbocycles. The summed E-state index contributed by atoms with van der Waals surface area (Å²) in [4.78, 5) is 24.0. The average molecular weight is 286 g/mol. The summed E-state index contributed by atoms with van der Waals surface area (Å²) in [5, 5.41) is 2.71. The Morgan fingerprint density at radius 1 is 0.850 bits per heavy atom. The van der Waals surface area contributed by atoms with E-state index in [2.05, 4.69) is 0 Å².